The Balaban J connectivity index is 1.32. The van der Waals surface area contributed by atoms with Crippen LogP contribution in [0.3, 0.4) is 0 Å². The van der Waals surface area contributed by atoms with Crippen LogP contribution >= 0.6 is 11.8 Å². The van der Waals surface area contributed by atoms with Gasteiger partial charge in [-0.15, -0.1) is 10.2 Å². The summed E-state index contributed by atoms with van der Waals surface area (Å²) in [5.74, 6) is 1.71. The molecule has 0 bridgehead atoms. The lowest BCUT2D eigenvalue weighted by Gasteiger charge is -2.14. The van der Waals surface area contributed by atoms with Crippen molar-refractivity contribution in [2.45, 2.75) is 37.2 Å². The van der Waals surface area contributed by atoms with Gasteiger partial charge in [-0.2, -0.15) is 0 Å². The molecular weight excluding hydrogens is 450 g/mol. The maximum atomic E-state index is 12.6. The van der Waals surface area contributed by atoms with Gasteiger partial charge in [0.05, 0.1) is 25.5 Å². The summed E-state index contributed by atoms with van der Waals surface area (Å²) in [6.45, 7) is 1.85. The van der Waals surface area contributed by atoms with Crippen molar-refractivity contribution in [1.29, 1.82) is 0 Å². The molecule has 1 fully saturated rings. The van der Waals surface area contributed by atoms with E-state index in [0.29, 0.717) is 18.2 Å². The third-order valence-corrected chi connectivity index (χ3v) is 6.92. The van der Waals surface area contributed by atoms with Crippen molar-refractivity contribution < 1.29 is 14.3 Å². The molecule has 8 nitrogen and oxygen atoms in total. The smallest absolute Gasteiger partial charge is 0.230 e. The first-order chi connectivity index (χ1) is 16.7. The zero-order valence-corrected chi connectivity index (χ0v) is 19.8. The van der Waals surface area contributed by atoms with Crippen molar-refractivity contribution >= 4 is 28.6 Å². The standard InChI is InChI=1S/C25H27N5O3S/c1-32-22-11-5-2-7-17(22)13-27-23(31)16-34-25-29-28-24(30(25)15-18-8-6-12-33-18)20-14-26-21-10-4-3-9-19(20)21/h2-5,7,9-11,14,18,26H,6,8,12-13,15-16H2,1H3,(H,27,31). The number of carbonyl (C=O) groups excluding carboxylic acids is 1. The number of nitrogens with zero attached hydrogens (tertiary/aromatic N) is 3. The van der Waals surface area contributed by atoms with Gasteiger partial charge in [0.25, 0.3) is 0 Å². The molecule has 0 saturated carbocycles. The van der Waals surface area contributed by atoms with Gasteiger partial charge in [0.2, 0.25) is 5.91 Å². The van der Waals surface area contributed by atoms with Gasteiger partial charge in [0, 0.05) is 41.4 Å². The molecule has 1 unspecified atom stereocenters. The van der Waals surface area contributed by atoms with Gasteiger partial charge in [0.1, 0.15) is 5.75 Å². The van der Waals surface area contributed by atoms with Crippen LogP contribution in [0, 0.1) is 0 Å². The summed E-state index contributed by atoms with van der Waals surface area (Å²) >= 11 is 1.39. The fourth-order valence-corrected chi connectivity index (χ4v) is 5.01. The maximum Gasteiger partial charge on any atom is 0.230 e. The van der Waals surface area contributed by atoms with Crippen LogP contribution in [0.15, 0.2) is 59.9 Å². The van der Waals surface area contributed by atoms with E-state index in [1.807, 2.05) is 48.7 Å². The highest BCUT2D eigenvalue weighted by Crippen LogP contribution is 2.31. The molecule has 3 heterocycles. The van der Waals surface area contributed by atoms with Crippen LogP contribution in [0.4, 0.5) is 0 Å². The minimum Gasteiger partial charge on any atom is -0.496 e. The summed E-state index contributed by atoms with van der Waals surface area (Å²) in [6, 6.07) is 15.8. The van der Waals surface area contributed by atoms with E-state index in [2.05, 4.69) is 31.1 Å². The molecule has 1 atom stereocenters. The summed E-state index contributed by atoms with van der Waals surface area (Å²) < 4.78 is 13.3. The number of ether oxygens (including phenoxy) is 2. The van der Waals surface area contributed by atoms with Crippen LogP contribution in [0.25, 0.3) is 22.3 Å². The lowest BCUT2D eigenvalue weighted by molar-refractivity contribution is -0.118. The van der Waals surface area contributed by atoms with E-state index in [4.69, 9.17) is 9.47 Å². The van der Waals surface area contributed by atoms with Crippen molar-refractivity contribution in [2.75, 3.05) is 19.5 Å². The molecule has 2 aromatic carbocycles. The van der Waals surface area contributed by atoms with Crippen molar-refractivity contribution in [2.24, 2.45) is 0 Å². The minimum absolute atomic E-state index is 0.0729. The average Bonchev–Trinajstić information content (AvgIpc) is 3.62. The quantitative estimate of drug-likeness (QED) is 0.354. The second kappa shape index (κ2) is 10.3. The second-order valence-corrected chi connectivity index (χ2v) is 9.12. The summed E-state index contributed by atoms with van der Waals surface area (Å²) in [5.41, 5.74) is 2.98. The molecule has 4 aromatic rings. The first-order valence-electron chi connectivity index (χ1n) is 11.4. The molecule has 176 valence electrons. The van der Waals surface area contributed by atoms with Crippen molar-refractivity contribution in [1.82, 2.24) is 25.1 Å². The maximum absolute atomic E-state index is 12.6. The Kier molecular flexibility index (Phi) is 6.82. The summed E-state index contributed by atoms with van der Waals surface area (Å²) in [7, 11) is 1.63. The van der Waals surface area contributed by atoms with Crippen LogP contribution in [0.1, 0.15) is 18.4 Å². The molecule has 2 aromatic heterocycles. The second-order valence-electron chi connectivity index (χ2n) is 8.18. The Labute approximate surface area is 202 Å². The van der Waals surface area contributed by atoms with Crippen molar-refractivity contribution in [3.63, 3.8) is 0 Å². The van der Waals surface area contributed by atoms with Gasteiger partial charge < -0.3 is 19.8 Å². The van der Waals surface area contributed by atoms with Crippen LogP contribution in [-0.4, -0.2) is 51.2 Å². The first-order valence-corrected chi connectivity index (χ1v) is 12.3. The molecule has 0 aliphatic carbocycles. The normalized spacial score (nSPS) is 15.6. The zero-order valence-electron chi connectivity index (χ0n) is 19.0. The SMILES string of the molecule is COc1ccccc1CNC(=O)CSc1nnc(-c2c[nH]c3ccccc23)n1CC1CCCO1. The Morgan fingerprint density at radius 1 is 1.24 bits per heavy atom. The number of amides is 1. The molecular formula is C25H27N5O3S. The van der Waals surface area contributed by atoms with Crippen molar-refractivity contribution in [3.05, 3.63) is 60.3 Å². The van der Waals surface area contributed by atoms with Crippen molar-refractivity contribution in [3.8, 4) is 17.1 Å². The number of benzene rings is 2. The molecule has 1 aliphatic heterocycles. The first kappa shape index (κ1) is 22.5. The molecule has 34 heavy (non-hydrogen) atoms. The van der Waals surface area contributed by atoms with E-state index in [-0.39, 0.29) is 17.8 Å². The van der Waals surface area contributed by atoms with Gasteiger partial charge in [-0.25, -0.2) is 0 Å². The number of thioether (sulfide) groups is 1. The molecule has 5 rings (SSSR count). The summed E-state index contributed by atoms with van der Waals surface area (Å²) in [5, 5.41) is 13.7. The number of rotatable bonds is 9. The van der Waals surface area contributed by atoms with E-state index in [0.717, 1.165) is 53.1 Å². The number of para-hydroxylation sites is 2. The number of aromatic amines is 1. The Morgan fingerprint density at radius 2 is 2.09 bits per heavy atom. The molecule has 0 spiro atoms. The van der Waals surface area contributed by atoms with E-state index in [9.17, 15) is 4.79 Å². The molecule has 1 aliphatic rings. The molecule has 1 amide bonds. The van der Waals surface area contributed by atoms with Gasteiger partial charge in [0.15, 0.2) is 11.0 Å². The van der Waals surface area contributed by atoms with Gasteiger partial charge in [-0.1, -0.05) is 48.2 Å². The predicted octanol–water partition coefficient (Wildman–Crippen LogP) is 4.02. The number of fused-ring (bicyclic) bond motifs is 1. The summed E-state index contributed by atoms with van der Waals surface area (Å²) in [6.07, 6.45) is 4.16. The Hall–Kier alpha value is -3.30. The monoisotopic (exact) mass is 477 g/mol. The Morgan fingerprint density at radius 3 is 2.94 bits per heavy atom. The van der Waals surface area contributed by atoms with E-state index in [1.54, 1.807) is 7.11 Å². The summed E-state index contributed by atoms with van der Waals surface area (Å²) in [4.78, 5) is 15.9. The Bertz CT molecular complexity index is 1280. The van der Waals surface area contributed by atoms with Crippen LogP contribution < -0.4 is 10.1 Å². The molecule has 0 radical (unpaired) electrons. The van der Waals surface area contributed by atoms with Gasteiger partial charge in [-0.05, 0) is 25.0 Å². The zero-order chi connectivity index (χ0) is 23.3. The minimum atomic E-state index is -0.0729. The van der Waals surface area contributed by atoms with E-state index < -0.39 is 0 Å². The average molecular weight is 478 g/mol. The third kappa shape index (κ3) is 4.80. The number of methoxy groups -OCH3 is 1. The fraction of sp³-hybridized carbons (Fsp3) is 0.320. The van der Waals surface area contributed by atoms with Gasteiger partial charge in [-0.3, -0.25) is 9.36 Å². The topological polar surface area (TPSA) is 94.1 Å². The number of aromatic nitrogens is 4. The lowest BCUT2D eigenvalue weighted by atomic mass is 10.1. The van der Waals surface area contributed by atoms with Gasteiger partial charge >= 0.3 is 0 Å². The molecule has 9 heteroatoms. The number of carbonyl (C=O) groups is 1. The van der Waals surface area contributed by atoms with Crippen LogP contribution in [-0.2, 0) is 22.6 Å². The largest absolute Gasteiger partial charge is 0.496 e. The van der Waals surface area contributed by atoms with E-state index in [1.165, 1.54) is 11.8 Å². The highest BCUT2D eigenvalue weighted by molar-refractivity contribution is 7.99. The third-order valence-electron chi connectivity index (χ3n) is 5.96. The lowest BCUT2D eigenvalue weighted by Crippen LogP contribution is -2.25. The molecule has 1 saturated heterocycles. The number of H-pyrrole nitrogens is 1. The fourth-order valence-electron chi connectivity index (χ4n) is 4.23. The van der Waals surface area contributed by atoms with Crippen LogP contribution in [0.5, 0.6) is 5.75 Å². The van der Waals surface area contributed by atoms with Crippen LogP contribution in [0.2, 0.25) is 0 Å². The number of hydrogen-bond donors (Lipinski definition) is 2. The number of hydrogen-bond acceptors (Lipinski definition) is 6. The highest BCUT2D eigenvalue weighted by atomic mass is 32.2. The predicted molar refractivity (Wildman–Crippen MR) is 132 cm³/mol. The molecule has 2 N–H and O–H groups in total. The highest BCUT2D eigenvalue weighted by Gasteiger charge is 2.23. The number of nitrogens with one attached hydrogen (secondary N) is 2. The van der Waals surface area contributed by atoms with E-state index >= 15 is 0 Å².